The van der Waals surface area contributed by atoms with E-state index in [0.29, 0.717) is 32.7 Å². The molecule has 0 aromatic heterocycles. The van der Waals surface area contributed by atoms with E-state index in [-0.39, 0.29) is 24.5 Å². The predicted molar refractivity (Wildman–Crippen MR) is 93.0 cm³/mol. The van der Waals surface area contributed by atoms with Crippen LogP contribution < -0.4 is 10.1 Å². The summed E-state index contributed by atoms with van der Waals surface area (Å²) in [6.07, 6.45) is 0. The van der Waals surface area contributed by atoms with Gasteiger partial charge in [-0.15, -0.1) is 0 Å². The van der Waals surface area contributed by atoms with Crippen molar-refractivity contribution in [3.63, 3.8) is 0 Å². The molecule has 0 radical (unpaired) electrons. The van der Waals surface area contributed by atoms with Crippen LogP contribution in [0.25, 0.3) is 0 Å². The Morgan fingerprint density at radius 3 is 2.46 bits per heavy atom. The van der Waals surface area contributed by atoms with Gasteiger partial charge in [0, 0.05) is 32.2 Å². The molecule has 1 N–H and O–H groups in total. The number of aryl methyl sites for hydroxylation is 1. The Morgan fingerprint density at radius 1 is 1.17 bits per heavy atom. The Kier molecular flexibility index (Phi) is 6.61. The van der Waals surface area contributed by atoms with Crippen molar-refractivity contribution in [2.24, 2.45) is 0 Å². The normalized spacial score (nSPS) is 15.4. The second kappa shape index (κ2) is 8.68. The Balaban J connectivity index is 1.72. The number of hydrogen-bond acceptors (Lipinski definition) is 4. The highest BCUT2D eigenvalue weighted by Gasteiger charge is 2.22. The Morgan fingerprint density at radius 2 is 1.83 bits per heavy atom. The van der Waals surface area contributed by atoms with Crippen molar-refractivity contribution in [2.45, 2.75) is 26.8 Å². The van der Waals surface area contributed by atoms with E-state index in [1.165, 1.54) is 0 Å². The smallest absolute Gasteiger partial charge is 0.260 e. The molecule has 6 heteroatoms. The number of nitrogens with one attached hydrogen (secondary N) is 1. The summed E-state index contributed by atoms with van der Waals surface area (Å²) in [7, 11) is 0. The van der Waals surface area contributed by atoms with Crippen LogP contribution in [0.4, 0.5) is 0 Å². The number of para-hydroxylation sites is 1. The van der Waals surface area contributed by atoms with Gasteiger partial charge >= 0.3 is 0 Å². The summed E-state index contributed by atoms with van der Waals surface area (Å²) in [6, 6.07) is 7.82. The molecular formula is C18H27N3O3. The molecular weight excluding hydrogens is 306 g/mol. The van der Waals surface area contributed by atoms with Gasteiger partial charge < -0.3 is 15.0 Å². The van der Waals surface area contributed by atoms with Gasteiger partial charge in [-0.3, -0.25) is 14.5 Å². The topological polar surface area (TPSA) is 61.9 Å². The first kappa shape index (κ1) is 18.3. The molecule has 1 fully saturated rings. The number of ether oxygens (including phenoxy) is 1. The molecule has 1 aliphatic heterocycles. The maximum Gasteiger partial charge on any atom is 0.260 e. The number of rotatable bonds is 6. The molecule has 0 aliphatic carbocycles. The van der Waals surface area contributed by atoms with Crippen molar-refractivity contribution >= 4 is 11.8 Å². The van der Waals surface area contributed by atoms with Gasteiger partial charge in [0.15, 0.2) is 6.61 Å². The van der Waals surface area contributed by atoms with Gasteiger partial charge in [-0.25, -0.2) is 0 Å². The lowest BCUT2D eigenvalue weighted by Crippen LogP contribution is -2.52. The maximum absolute atomic E-state index is 12.3. The predicted octanol–water partition coefficient (Wildman–Crippen LogP) is 1.04. The van der Waals surface area contributed by atoms with Crippen LogP contribution in [0.3, 0.4) is 0 Å². The van der Waals surface area contributed by atoms with Crippen LogP contribution in [0, 0.1) is 6.92 Å². The van der Waals surface area contributed by atoms with Gasteiger partial charge in [-0.1, -0.05) is 18.2 Å². The van der Waals surface area contributed by atoms with E-state index in [2.05, 4.69) is 10.2 Å². The van der Waals surface area contributed by atoms with Crippen molar-refractivity contribution in [1.82, 2.24) is 15.1 Å². The fourth-order valence-electron chi connectivity index (χ4n) is 2.68. The molecule has 0 saturated carbocycles. The quantitative estimate of drug-likeness (QED) is 0.845. The van der Waals surface area contributed by atoms with Gasteiger partial charge in [0.05, 0.1) is 6.54 Å². The fraction of sp³-hybridized carbons (Fsp3) is 0.556. The van der Waals surface area contributed by atoms with Crippen molar-refractivity contribution in [1.29, 1.82) is 0 Å². The molecule has 0 bridgehead atoms. The van der Waals surface area contributed by atoms with E-state index >= 15 is 0 Å². The summed E-state index contributed by atoms with van der Waals surface area (Å²) < 4.78 is 5.62. The van der Waals surface area contributed by atoms with Crippen molar-refractivity contribution in [2.75, 3.05) is 39.3 Å². The summed E-state index contributed by atoms with van der Waals surface area (Å²) in [5.41, 5.74) is 1.02. The zero-order valence-corrected chi connectivity index (χ0v) is 14.7. The third-order valence-electron chi connectivity index (χ3n) is 3.99. The molecule has 2 rings (SSSR count). The second-order valence-corrected chi connectivity index (χ2v) is 6.43. The van der Waals surface area contributed by atoms with E-state index in [1.54, 1.807) is 4.90 Å². The third kappa shape index (κ3) is 5.53. The first-order valence-electron chi connectivity index (χ1n) is 8.43. The standard InChI is InChI=1S/C18H27N3O3/c1-14(2)19-17(22)12-20-8-10-21(11-9-20)18(23)13-24-16-7-5-4-6-15(16)3/h4-7,14H,8-13H2,1-3H3,(H,19,22). The summed E-state index contributed by atoms with van der Waals surface area (Å²) >= 11 is 0. The molecule has 2 amide bonds. The monoisotopic (exact) mass is 333 g/mol. The minimum Gasteiger partial charge on any atom is -0.484 e. The Hall–Kier alpha value is -2.08. The number of amides is 2. The molecule has 1 heterocycles. The SMILES string of the molecule is Cc1ccccc1OCC(=O)N1CCN(CC(=O)NC(C)C)CC1. The van der Waals surface area contributed by atoms with E-state index in [1.807, 2.05) is 45.0 Å². The van der Waals surface area contributed by atoms with E-state index < -0.39 is 0 Å². The molecule has 24 heavy (non-hydrogen) atoms. The van der Waals surface area contributed by atoms with Gasteiger partial charge in [0.1, 0.15) is 5.75 Å². The molecule has 0 spiro atoms. The van der Waals surface area contributed by atoms with Crippen LogP contribution >= 0.6 is 0 Å². The maximum atomic E-state index is 12.3. The summed E-state index contributed by atoms with van der Waals surface area (Å²) in [4.78, 5) is 27.9. The highest BCUT2D eigenvalue weighted by molar-refractivity contribution is 5.79. The van der Waals surface area contributed by atoms with Gasteiger partial charge in [-0.2, -0.15) is 0 Å². The van der Waals surface area contributed by atoms with Crippen molar-refractivity contribution in [3.8, 4) is 5.75 Å². The molecule has 1 saturated heterocycles. The highest BCUT2D eigenvalue weighted by atomic mass is 16.5. The molecule has 0 unspecified atom stereocenters. The minimum absolute atomic E-state index is 0.00969. The van der Waals surface area contributed by atoms with Gasteiger partial charge in [0.25, 0.3) is 5.91 Å². The van der Waals surface area contributed by atoms with Crippen LogP contribution in [0.2, 0.25) is 0 Å². The van der Waals surface area contributed by atoms with E-state index in [0.717, 1.165) is 11.3 Å². The molecule has 1 aromatic rings. The summed E-state index contributed by atoms with van der Waals surface area (Å²) in [5.74, 6) is 0.770. The minimum atomic E-state index is -0.00969. The van der Waals surface area contributed by atoms with Crippen LogP contribution in [-0.2, 0) is 9.59 Å². The summed E-state index contributed by atoms with van der Waals surface area (Å²) in [6.45, 7) is 8.98. The number of hydrogen-bond donors (Lipinski definition) is 1. The van der Waals surface area contributed by atoms with E-state index in [4.69, 9.17) is 4.74 Å². The van der Waals surface area contributed by atoms with Gasteiger partial charge in [-0.05, 0) is 32.4 Å². The number of benzene rings is 1. The number of carbonyl (C=O) groups is 2. The number of carbonyl (C=O) groups excluding carboxylic acids is 2. The highest BCUT2D eigenvalue weighted by Crippen LogP contribution is 2.16. The average molecular weight is 333 g/mol. The Bertz CT molecular complexity index is 566. The van der Waals surface area contributed by atoms with Crippen LogP contribution in [-0.4, -0.2) is 67.0 Å². The van der Waals surface area contributed by atoms with E-state index in [9.17, 15) is 9.59 Å². The van der Waals surface area contributed by atoms with Crippen LogP contribution in [0.5, 0.6) is 5.75 Å². The first-order valence-corrected chi connectivity index (χ1v) is 8.43. The number of piperazine rings is 1. The fourth-order valence-corrected chi connectivity index (χ4v) is 2.68. The lowest BCUT2D eigenvalue weighted by atomic mass is 10.2. The first-order chi connectivity index (χ1) is 11.5. The van der Waals surface area contributed by atoms with Crippen LogP contribution in [0.1, 0.15) is 19.4 Å². The van der Waals surface area contributed by atoms with Crippen LogP contribution in [0.15, 0.2) is 24.3 Å². The average Bonchev–Trinajstić information content (AvgIpc) is 2.53. The number of nitrogens with zero attached hydrogens (tertiary/aromatic N) is 2. The van der Waals surface area contributed by atoms with Crippen molar-refractivity contribution in [3.05, 3.63) is 29.8 Å². The zero-order chi connectivity index (χ0) is 17.5. The third-order valence-corrected chi connectivity index (χ3v) is 3.99. The molecule has 1 aromatic carbocycles. The summed E-state index contributed by atoms with van der Waals surface area (Å²) in [5, 5.41) is 2.89. The lowest BCUT2D eigenvalue weighted by molar-refractivity contribution is -0.135. The molecule has 6 nitrogen and oxygen atoms in total. The largest absolute Gasteiger partial charge is 0.484 e. The Labute approximate surface area is 143 Å². The molecule has 1 aliphatic rings. The zero-order valence-electron chi connectivity index (χ0n) is 14.7. The lowest BCUT2D eigenvalue weighted by Gasteiger charge is -2.34. The second-order valence-electron chi connectivity index (χ2n) is 6.43. The molecule has 132 valence electrons. The molecule has 0 atom stereocenters. The van der Waals surface area contributed by atoms with Gasteiger partial charge in [0.2, 0.25) is 5.91 Å². The van der Waals surface area contributed by atoms with Crippen molar-refractivity contribution < 1.29 is 14.3 Å².